The maximum Gasteiger partial charge on any atom is 0.527 e. The molecule has 1 aliphatic rings. The predicted octanol–water partition coefficient (Wildman–Crippen LogP) is 1.95. The van der Waals surface area contributed by atoms with Gasteiger partial charge < -0.3 is 17.7 Å². The Labute approximate surface area is 91.6 Å². The summed E-state index contributed by atoms with van der Waals surface area (Å²) in [5.74, 6) is 0. The summed E-state index contributed by atoms with van der Waals surface area (Å²) in [4.78, 5) is 0. The van der Waals surface area contributed by atoms with Crippen LogP contribution in [-0.4, -0.2) is 23.4 Å². The Morgan fingerprint density at radius 1 is 1.44 bits per heavy atom. The van der Waals surface area contributed by atoms with Gasteiger partial charge in [-0.2, -0.15) is 5.10 Å². The summed E-state index contributed by atoms with van der Waals surface area (Å²) in [7, 11) is 0. The molecule has 1 aliphatic heterocycles. The molecule has 3 nitrogen and oxygen atoms in total. The highest BCUT2D eigenvalue weighted by Crippen LogP contribution is 2.23. The first kappa shape index (κ1) is 11.5. The molecule has 7 heteroatoms. The van der Waals surface area contributed by atoms with E-state index in [1.807, 2.05) is 0 Å². The first-order valence-corrected chi connectivity index (χ1v) is 5.35. The van der Waals surface area contributed by atoms with Gasteiger partial charge >= 0.3 is 6.98 Å². The third-order valence-corrected chi connectivity index (χ3v) is 2.77. The summed E-state index contributed by atoms with van der Waals surface area (Å²) in [5, 5.41) is 3.79. The van der Waals surface area contributed by atoms with Crippen molar-refractivity contribution >= 4 is 12.6 Å². The van der Waals surface area contributed by atoms with E-state index < -0.39 is 18.8 Å². The number of rotatable bonds is 2. The molecule has 16 heavy (non-hydrogen) atoms. The van der Waals surface area contributed by atoms with Gasteiger partial charge in [-0.3, -0.25) is 4.68 Å². The number of aryl methyl sites for hydroxylation is 1. The molecule has 1 unspecified atom stereocenters. The highest BCUT2D eigenvalue weighted by atomic mass is 19.4. The van der Waals surface area contributed by atoms with Gasteiger partial charge in [0.1, 0.15) is 6.23 Å². The van der Waals surface area contributed by atoms with Gasteiger partial charge in [0.2, 0.25) is 0 Å². The van der Waals surface area contributed by atoms with Gasteiger partial charge in [0.15, 0.2) is 0 Å². The van der Waals surface area contributed by atoms with Crippen LogP contribution in [0.1, 0.15) is 31.1 Å². The first-order valence-electron chi connectivity index (χ1n) is 5.35. The Bertz CT molecular complexity index is 371. The van der Waals surface area contributed by atoms with E-state index in [1.165, 1.54) is 13.1 Å². The second kappa shape index (κ2) is 4.12. The molecule has 0 saturated carbocycles. The predicted molar refractivity (Wildman–Crippen MR) is 54.5 cm³/mol. The summed E-state index contributed by atoms with van der Waals surface area (Å²) in [6.45, 7) is -3.10. The van der Waals surface area contributed by atoms with Crippen molar-refractivity contribution in [1.29, 1.82) is 0 Å². The van der Waals surface area contributed by atoms with Gasteiger partial charge in [0.25, 0.3) is 0 Å². The lowest BCUT2D eigenvalue weighted by molar-refractivity contribution is -0.0380. The quantitative estimate of drug-likeness (QED) is 0.730. The Kier molecular flexibility index (Phi) is 2.97. The molecule has 0 N–H and O–H groups in total. The van der Waals surface area contributed by atoms with Crippen molar-refractivity contribution in [2.45, 2.75) is 32.4 Å². The SMILES string of the molecule is Cc1cnn(C2CCCCO2)c1[B-](F)(F)F. The normalized spacial score (nSPS) is 22.4. The summed E-state index contributed by atoms with van der Waals surface area (Å²) in [5.41, 5.74) is -0.464. The van der Waals surface area contributed by atoms with Crippen LogP contribution in [0.5, 0.6) is 0 Å². The number of hydrogen-bond acceptors (Lipinski definition) is 2. The summed E-state index contributed by atoms with van der Waals surface area (Å²) < 4.78 is 44.8. The van der Waals surface area contributed by atoms with Crippen LogP contribution < -0.4 is 5.59 Å². The Morgan fingerprint density at radius 3 is 2.75 bits per heavy atom. The van der Waals surface area contributed by atoms with Crippen LogP contribution in [0.2, 0.25) is 0 Å². The zero-order valence-corrected chi connectivity index (χ0v) is 9.00. The molecule has 0 amide bonds. The molecule has 1 atom stereocenters. The molecule has 0 bridgehead atoms. The van der Waals surface area contributed by atoms with E-state index in [9.17, 15) is 12.9 Å². The number of halogens is 3. The number of aromatic nitrogens is 2. The van der Waals surface area contributed by atoms with Crippen molar-refractivity contribution in [2.75, 3.05) is 6.61 Å². The summed E-state index contributed by atoms with van der Waals surface area (Å²) in [6.07, 6.45) is 3.08. The first-order chi connectivity index (χ1) is 7.50. The van der Waals surface area contributed by atoms with Gasteiger partial charge in [-0.15, -0.1) is 0 Å². The van der Waals surface area contributed by atoms with Crippen molar-refractivity contribution in [3.63, 3.8) is 0 Å². The lowest BCUT2D eigenvalue weighted by atomic mass is 9.83. The molecule has 0 spiro atoms. The lowest BCUT2D eigenvalue weighted by Gasteiger charge is -2.28. The molecule has 1 aromatic rings. The van der Waals surface area contributed by atoms with Crippen molar-refractivity contribution < 1.29 is 17.7 Å². The highest BCUT2D eigenvalue weighted by Gasteiger charge is 2.34. The van der Waals surface area contributed by atoms with Gasteiger partial charge in [0, 0.05) is 12.8 Å². The van der Waals surface area contributed by atoms with Gasteiger partial charge in [-0.05, 0) is 37.3 Å². The molecule has 0 radical (unpaired) electrons. The molecule has 90 valence electrons. The molecule has 2 rings (SSSR count). The van der Waals surface area contributed by atoms with Crippen LogP contribution in [-0.2, 0) is 4.74 Å². The third kappa shape index (κ3) is 2.09. The molecular formula is C9H13BF3N2O-. The largest absolute Gasteiger partial charge is 0.527 e. The van der Waals surface area contributed by atoms with Crippen LogP contribution >= 0.6 is 0 Å². The van der Waals surface area contributed by atoms with Crippen molar-refractivity contribution in [3.05, 3.63) is 11.8 Å². The third-order valence-electron chi connectivity index (χ3n) is 2.77. The summed E-state index contributed by atoms with van der Waals surface area (Å²) in [6, 6.07) is 0. The Hall–Kier alpha value is -0.975. The van der Waals surface area contributed by atoms with E-state index in [2.05, 4.69) is 5.10 Å². The molecular weight excluding hydrogens is 220 g/mol. The van der Waals surface area contributed by atoms with Gasteiger partial charge in [-0.1, -0.05) is 0 Å². The Morgan fingerprint density at radius 2 is 2.19 bits per heavy atom. The maximum absolute atomic E-state index is 12.8. The molecule has 1 saturated heterocycles. The fourth-order valence-electron chi connectivity index (χ4n) is 2.01. The molecule has 1 fully saturated rings. The van der Waals surface area contributed by atoms with E-state index >= 15 is 0 Å². The zero-order valence-electron chi connectivity index (χ0n) is 9.00. The molecule has 2 heterocycles. The fraction of sp³-hybridized carbons (Fsp3) is 0.667. The second-order valence-corrected chi connectivity index (χ2v) is 4.05. The number of hydrogen-bond donors (Lipinski definition) is 0. The minimum atomic E-state index is -5.03. The van der Waals surface area contributed by atoms with E-state index in [4.69, 9.17) is 4.74 Å². The lowest BCUT2D eigenvalue weighted by Crippen LogP contribution is -2.44. The molecule has 0 aliphatic carbocycles. The van der Waals surface area contributed by atoms with Crippen molar-refractivity contribution in [2.24, 2.45) is 0 Å². The average molecular weight is 233 g/mol. The minimum Gasteiger partial charge on any atom is -0.444 e. The topological polar surface area (TPSA) is 27.1 Å². The second-order valence-electron chi connectivity index (χ2n) is 4.05. The summed E-state index contributed by atoms with van der Waals surface area (Å²) >= 11 is 0. The highest BCUT2D eigenvalue weighted by molar-refractivity contribution is 6.73. The fourth-order valence-corrected chi connectivity index (χ4v) is 2.01. The van der Waals surface area contributed by atoms with Crippen molar-refractivity contribution in [1.82, 2.24) is 9.78 Å². The van der Waals surface area contributed by atoms with E-state index in [0.29, 0.717) is 13.0 Å². The minimum absolute atomic E-state index is 0.168. The standard InChI is InChI=1S/C9H13BF3N2O/c1-7-6-14-15(9(7)10(11,12)13)8-4-2-3-5-16-8/h6,8H,2-5H2,1H3/q-1. The Balaban J connectivity index is 2.33. The van der Waals surface area contributed by atoms with E-state index in [-0.39, 0.29) is 5.56 Å². The van der Waals surface area contributed by atoms with Crippen molar-refractivity contribution in [3.8, 4) is 0 Å². The molecule has 0 aromatic carbocycles. The van der Waals surface area contributed by atoms with Gasteiger partial charge in [0.05, 0.1) is 0 Å². The van der Waals surface area contributed by atoms with E-state index in [0.717, 1.165) is 17.5 Å². The number of nitrogens with zero attached hydrogens (tertiary/aromatic N) is 2. The van der Waals surface area contributed by atoms with Crippen LogP contribution in [0.4, 0.5) is 12.9 Å². The smallest absolute Gasteiger partial charge is 0.444 e. The monoisotopic (exact) mass is 233 g/mol. The van der Waals surface area contributed by atoms with Crippen LogP contribution in [0, 0.1) is 6.92 Å². The van der Waals surface area contributed by atoms with Crippen LogP contribution in [0.25, 0.3) is 0 Å². The van der Waals surface area contributed by atoms with E-state index in [1.54, 1.807) is 0 Å². The maximum atomic E-state index is 12.8. The van der Waals surface area contributed by atoms with Crippen LogP contribution in [0.3, 0.4) is 0 Å². The van der Waals surface area contributed by atoms with Gasteiger partial charge in [-0.25, -0.2) is 0 Å². The average Bonchev–Trinajstić information content (AvgIpc) is 2.61. The zero-order chi connectivity index (χ0) is 11.8. The van der Waals surface area contributed by atoms with Crippen LogP contribution in [0.15, 0.2) is 6.20 Å². The molecule has 1 aromatic heterocycles. The number of ether oxygens (including phenoxy) is 1.